The Morgan fingerprint density at radius 2 is 1.86 bits per heavy atom. The number of aliphatic imine (C=N–C) groups is 1. The first-order valence-corrected chi connectivity index (χ1v) is 8.33. The largest absolute Gasteiger partial charge is 0.370 e. The fourth-order valence-corrected chi connectivity index (χ4v) is 2.12. The quantitative estimate of drug-likeness (QED) is 0.113. The highest BCUT2D eigenvalue weighted by Crippen LogP contribution is 2.16. The van der Waals surface area contributed by atoms with Crippen molar-refractivity contribution in [2.45, 2.75) is 25.8 Å². The number of nitrogens with two attached hydrogens (primary N) is 2. The summed E-state index contributed by atoms with van der Waals surface area (Å²) in [4.78, 5) is 49.3. The van der Waals surface area contributed by atoms with Gasteiger partial charge in [-0.25, -0.2) is 0 Å². The minimum atomic E-state index is -0.911. The van der Waals surface area contributed by atoms with Crippen molar-refractivity contribution in [3.63, 3.8) is 0 Å². The lowest BCUT2D eigenvalue weighted by Gasteiger charge is -2.18. The van der Waals surface area contributed by atoms with Crippen LogP contribution in [0.2, 0.25) is 0 Å². The molecular formula is C16H23N7O5. The first-order chi connectivity index (χ1) is 13.2. The summed E-state index contributed by atoms with van der Waals surface area (Å²) in [6.07, 6.45) is 0.651. The number of benzene rings is 1. The van der Waals surface area contributed by atoms with Gasteiger partial charge in [0.15, 0.2) is 5.96 Å². The topological polar surface area (TPSA) is 195 Å². The maximum Gasteiger partial charge on any atom is 0.269 e. The summed E-state index contributed by atoms with van der Waals surface area (Å²) >= 11 is 0. The van der Waals surface area contributed by atoms with E-state index in [2.05, 4.69) is 20.9 Å². The van der Waals surface area contributed by atoms with E-state index in [9.17, 15) is 24.5 Å². The van der Waals surface area contributed by atoms with Gasteiger partial charge in [-0.15, -0.1) is 0 Å². The van der Waals surface area contributed by atoms with Crippen LogP contribution in [0.4, 0.5) is 11.4 Å². The molecule has 0 saturated heterocycles. The monoisotopic (exact) mass is 393 g/mol. The molecule has 0 heterocycles. The van der Waals surface area contributed by atoms with Crippen LogP contribution in [0.5, 0.6) is 0 Å². The Morgan fingerprint density at radius 3 is 2.39 bits per heavy atom. The second kappa shape index (κ2) is 11.1. The summed E-state index contributed by atoms with van der Waals surface area (Å²) in [6.45, 7) is 1.26. The molecule has 3 amide bonds. The van der Waals surface area contributed by atoms with Crippen LogP contribution in [0, 0.1) is 10.1 Å². The van der Waals surface area contributed by atoms with Crippen molar-refractivity contribution in [3.8, 4) is 0 Å². The zero-order chi connectivity index (χ0) is 21.1. The van der Waals surface area contributed by atoms with Crippen LogP contribution < -0.4 is 27.4 Å². The molecule has 1 aromatic rings. The van der Waals surface area contributed by atoms with Gasteiger partial charge in [-0.05, 0) is 25.0 Å². The van der Waals surface area contributed by atoms with Crippen molar-refractivity contribution in [1.82, 2.24) is 10.6 Å². The van der Waals surface area contributed by atoms with Gasteiger partial charge in [0.25, 0.3) is 5.69 Å². The molecule has 0 aliphatic carbocycles. The maximum atomic E-state index is 12.5. The zero-order valence-corrected chi connectivity index (χ0v) is 15.3. The smallest absolute Gasteiger partial charge is 0.269 e. The average Bonchev–Trinajstić information content (AvgIpc) is 2.62. The number of rotatable bonds is 10. The van der Waals surface area contributed by atoms with Gasteiger partial charge in [-0.3, -0.25) is 29.5 Å². The van der Waals surface area contributed by atoms with Gasteiger partial charge in [0.2, 0.25) is 17.7 Å². The van der Waals surface area contributed by atoms with Crippen molar-refractivity contribution < 1.29 is 19.3 Å². The molecule has 0 bridgehead atoms. The number of nitrogens with one attached hydrogen (secondary N) is 3. The third-order valence-corrected chi connectivity index (χ3v) is 3.44. The molecule has 28 heavy (non-hydrogen) atoms. The van der Waals surface area contributed by atoms with Crippen molar-refractivity contribution in [1.29, 1.82) is 0 Å². The molecule has 0 aromatic heterocycles. The van der Waals surface area contributed by atoms with Gasteiger partial charge >= 0.3 is 0 Å². The standard InChI is InChI=1S/C16H23N7O5/c1-10(24)20-9-14(25)22-13(3-2-8-19-16(17)18)15(26)21-11-4-6-12(7-5-11)23(27)28/h4-7,13H,2-3,8-9H2,1H3,(H,20,24)(H,21,26)(H,22,25)(H4,17,18,19)/t13-/m0/s1. The van der Waals surface area contributed by atoms with Crippen molar-refractivity contribution in [2.24, 2.45) is 16.5 Å². The van der Waals surface area contributed by atoms with E-state index in [1.54, 1.807) is 0 Å². The fraction of sp³-hybridized carbons (Fsp3) is 0.375. The number of nitro groups is 1. The minimum Gasteiger partial charge on any atom is -0.370 e. The Kier molecular flexibility index (Phi) is 8.86. The van der Waals surface area contributed by atoms with E-state index in [4.69, 9.17) is 11.5 Å². The van der Waals surface area contributed by atoms with E-state index in [0.29, 0.717) is 12.1 Å². The van der Waals surface area contributed by atoms with Crippen LogP contribution in [0.1, 0.15) is 19.8 Å². The molecule has 1 rings (SSSR count). The van der Waals surface area contributed by atoms with Gasteiger partial charge in [-0.2, -0.15) is 0 Å². The highest BCUT2D eigenvalue weighted by atomic mass is 16.6. The molecule has 7 N–H and O–H groups in total. The molecule has 0 unspecified atom stereocenters. The minimum absolute atomic E-state index is 0.0819. The number of guanidine groups is 1. The highest BCUT2D eigenvalue weighted by molar-refractivity contribution is 5.97. The van der Waals surface area contributed by atoms with Crippen LogP contribution in [0.25, 0.3) is 0 Å². The van der Waals surface area contributed by atoms with Crippen molar-refractivity contribution in [2.75, 3.05) is 18.4 Å². The Balaban J connectivity index is 2.75. The number of hydrogen-bond donors (Lipinski definition) is 5. The lowest BCUT2D eigenvalue weighted by molar-refractivity contribution is -0.384. The number of nitro benzene ring substituents is 1. The lowest BCUT2D eigenvalue weighted by atomic mass is 10.1. The molecule has 12 nitrogen and oxygen atoms in total. The molecule has 0 fully saturated rings. The summed E-state index contributed by atoms with van der Waals surface area (Å²) in [5.41, 5.74) is 10.7. The predicted octanol–water partition coefficient (Wildman–Crippen LogP) is -0.792. The summed E-state index contributed by atoms with van der Waals surface area (Å²) in [7, 11) is 0. The van der Waals surface area contributed by atoms with Crippen LogP contribution in [0.3, 0.4) is 0 Å². The van der Waals surface area contributed by atoms with E-state index in [1.165, 1.54) is 31.2 Å². The van der Waals surface area contributed by atoms with Crippen molar-refractivity contribution in [3.05, 3.63) is 34.4 Å². The number of amides is 3. The molecule has 0 radical (unpaired) electrons. The summed E-state index contributed by atoms with van der Waals surface area (Å²) in [6, 6.07) is 4.35. The number of carbonyl (C=O) groups excluding carboxylic acids is 3. The molecule has 0 aliphatic heterocycles. The van der Waals surface area contributed by atoms with Gasteiger partial charge < -0.3 is 27.4 Å². The van der Waals surface area contributed by atoms with E-state index < -0.39 is 22.8 Å². The van der Waals surface area contributed by atoms with Crippen LogP contribution >= 0.6 is 0 Å². The molecule has 1 atom stereocenters. The number of nitrogens with zero attached hydrogens (tertiary/aromatic N) is 2. The first-order valence-electron chi connectivity index (χ1n) is 8.33. The average molecular weight is 393 g/mol. The second-order valence-electron chi connectivity index (χ2n) is 5.77. The fourth-order valence-electron chi connectivity index (χ4n) is 2.12. The van der Waals surface area contributed by atoms with Crippen LogP contribution in [-0.4, -0.2) is 47.7 Å². The third kappa shape index (κ3) is 8.60. The molecule has 1 aromatic carbocycles. The molecular weight excluding hydrogens is 370 g/mol. The first kappa shape index (κ1) is 22.3. The van der Waals surface area contributed by atoms with E-state index in [1.807, 2.05) is 0 Å². The maximum absolute atomic E-state index is 12.5. The molecule has 152 valence electrons. The van der Waals surface area contributed by atoms with E-state index in [-0.39, 0.29) is 37.1 Å². The van der Waals surface area contributed by atoms with E-state index in [0.717, 1.165) is 0 Å². The number of anilines is 1. The Hall–Kier alpha value is -3.70. The number of carbonyl (C=O) groups is 3. The summed E-state index contributed by atoms with van der Waals surface area (Å²) in [5, 5.41) is 18.1. The van der Waals surface area contributed by atoms with Gasteiger partial charge in [0, 0.05) is 31.3 Å². The van der Waals surface area contributed by atoms with Gasteiger partial charge in [0.05, 0.1) is 11.5 Å². The third-order valence-electron chi connectivity index (χ3n) is 3.44. The zero-order valence-electron chi connectivity index (χ0n) is 15.3. The normalized spacial score (nSPS) is 11.0. The SMILES string of the molecule is CC(=O)NCC(=O)N[C@@H](CCCN=C(N)N)C(=O)Nc1ccc([N+](=O)[O-])cc1. The Bertz CT molecular complexity index is 744. The lowest BCUT2D eigenvalue weighted by Crippen LogP contribution is -2.47. The summed E-state index contributed by atoms with van der Waals surface area (Å²) < 4.78 is 0. The predicted molar refractivity (Wildman–Crippen MR) is 102 cm³/mol. The molecule has 0 saturated carbocycles. The van der Waals surface area contributed by atoms with Crippen LogP contribution in [-0.2, 0) is 14.4 Å². The number of non-ortho nitro benzene ring substituents is 1. The summed E-state index contributed by atoms with van der Waals surface area (Å²) in [5.74, 6) is -1.52. The van der Waals surface area contributed by atoms with Crippen LogP contribution in [0.15, 0.2) is 29.3 Å². The Morgan fingerprint density at radius 1 is 1.21 bits per heavy atom. The highest BCUT2D eigenvalue weighted by Gasteiger charge is 2.21. The molecule has 0 spiro atoms. The number of hydrogen-bond acceptors (Lipinski definition) is 6. The van der Waals surface area contributed by atoms with E-state index >= 15 is 0 Å². The van der Waals surface area contributed by atoms with Gasteiger partial charge in [0.1, 0.15) is 6.04 Å². The Labute approximate surface area is 160 Å². The van der Waals surface area contributed by atoms with Crippen molar-refractivity contribution >= 4 is 35.1 Å². The second-order valence-corrected chi connectivity index (χ2v) is 5.77. The molecule has 12 heteroatoms. The molecule has 0 aliphatic rings. The van der Waals surface area contributed by atoms with Gasteiger partial charge in [-0.1, -0.05) is 0 Å².